The highest BCUT2D eigenvalue weighted by Gasteiger charge is 2.45. The molecule has 32 heavy (non-hydrogen) atoms. The van der Waals surface area contributed by atoms with Crippen LogP contribution in [0.25, 0.3) is 0 Å². The number of ether oxygens (including phenoxy) is 1. The van der Waals surface area contributed by atoms with Crippen molar-refractivity contribution in [3.8, 4) is 5.75 Å². The maximum absolute atomic E-state index is 12.7. The summed E-state index contributed by atoms with van der Waals surface area (Å²) in [6.45, 7) is -0.449. The van der Waals surface area contributed by atoms with E-state index in [9.17, 15) is 4.39 Å². The SMILES string of the molecule is FCCOc1cccc([P+](Cc2ccc(Cl)cc2)(c2ccccc2)c2ccccc2)c1.[Br-]. The van der Waals surface area contributed by atoms with Gasteiger partial charge >= 0.3 is 0 Å². The molecule has 0 fully saturated rings. The van der Waals surface area contributed by atoms with Gasteiger partial charge in [-0.3, -0.25) is 0 Å². The van der Waals surface area contributed by atoms with E-state index >= 15 is 0 Å². The molecule has 0 aliphatic carbocycles. The zero-order chi connectivity index (χ0) is 21.5. The van der Waals surface area contributed by atoms with Gasteiger partial charge in [-0.2, -0.15) is 0 Å². The van der Waals surface area contributed by atoms with Gasteiger partial charge in [-0.1, -0.05) is 66.2 Å². The molecule has 0 bridgehead atoms. The van der Waals surface area contributed by atoms with Crippen molar-refractivity contribution >= 4 is 34.8 Å². The normalized spacial score (nSPS) is 10.9. The van der Waals surface area contributed by atoms with Crippen LogP contribution in [0, 0.1) is 0 Å². The lowest BCUT2D eigenvalue weighted by Gasteiger charge is -2.28. The number of benzene rings is 4. The first-order valence-corrected chi connectivity index (χ1v) is 12.6. The summed E-state index contributed by atoms with van der Waals surface area (Å²) in [5.74, 6) is 0.697. The van der Waals surface area contributed by atoms with E-state index in [-0.39, 0.29) is 23.6 Å². The lowest BCUT2D eigenvalue weighted by molar-refractivity contribution is -0.00000678. The molecule has 0 aromatic heterocycles. The van der Waals surface area contributed by atoms with Crippen molar-refractivity contribution in [3.63, 3.8) is 0 Å². The third kappa shape index (κ3) is 5.41. The Bertz CT molecular complexity index is 1070. The third-order valence-corrected chi connectivity index (χ3v) is 9.94. The van der Waals surface area contributed by atoms with Crippen molar-refractivity contribution in [2.24, 2.45) is 0 Å². The van der Waals surface area contributed by atoms with E-state index in [1.807, 2.05) is 36.4 Å². The Morgan fingerprint density at radius 3 is 1.81 bits per heavy atom. The maximum atomic E-state index is 12.7. The van der Waals surface area contributed by atoms with E-state index < -0.39 is 13.9 Å². The smallest absolute Gasteiger partial charge is 0.123 e. The lowest BCUT2D eigenvalue weighted by atomic mass is 10.2. The Labute approximate surface area is 205 Å². The molecule has 4 aromatic rings. The van der Waals surface area contributed by atoms with Crippen LogP contribution < -0.4 is 37.6 Å². The van der Waals surface area contributed by atoms with Gasteiger partial charge in [-0.05, 0) is 54.1 Å². The number of halogens is 3. The van der Waals surface area contributed by atoms with E-state index in [2.05, 4.69) is 72.8 Å². The van der Waals surface area contributed by atoms with Crippen molar-refractivity contribution in [2.75, 3.05) is 13.3 Å². The predicted molar refractivity (Wildman–Crippen MR) is 132 cm³/mol. The van der Waals surface area contributed by atoms with Crippen LogP contribution in [-0.4, -0.2) is 13.3 Å². The topological polar surface area (TPSA) is 9.23 Å². The first kappa shape index (κ1) is 24.5. The molecule has 0 aliphatic rings. The zero-order valence-corrected chi connectivity index (χ0v) is 20.7. The second-order valence-corrected chi connectivity index (χ2v) is 11.2. The van der Waals surface area contributed by atoms with Gasteiger partial charge in [0.15, 0.2) is 0 Å². The van der Waals surface area contributed by atoms with Crippen molar-refractivity contribution in [1.82, 2.24) is 0 Å². The first-order chi connectivity index (χ1) is 15.2. The van der Waals surface area contributed by atoms with Gasteiger partial charge in [0.05, 0.1) is 6.16 Å². The van der Waals surface area contributed by atoms with Crippen LogP contribution in [0.3, 0.4) is 0 Å². The highest BCUT2D eigenvalue weighted by Crippen LogP contribution is 2.58. The third-order valence-electron chi connectivity index (χ3n) is 5.33. The van der Waals surface area contributed by atoms with Gasteiger partial charge < -0.3 is 21.7 Å². The summed E-state index contributed by atoms with van der Waals surface area (Å²) in [4.78, 5) is 0. The molecule has 1 nitrogen and oxygen atoms in total. The van der Waals surface area contributed by atoms with Crippen LogP contribution in [0.1, 0.15) is 5.56 Å². The molecule has 0 saturated heterocycles. The molecule has 0 spiro atoms. The summed E-state index contributed by atoms with van der Waals surface area (Å²) in [6.07, 6.45) is 0.852. The highest BCUT2D eigenvalue weighted by molar-refractivity contribution is 7.95. The number of hydrogen-bond acceptors (Lipinski definition) is 1. The van der Waals surface area contributed by atoms with Crippen LogP contribution in [-0.2, 0) is 6.16 Å². The molecule has 4 aromatic carbocycles. The fourth-order valence-corrected chi connectivity index (χ4v) is 8.29. The van der Waals surface area contributed by atoms with Crippen LogP contribution in [0.2, 0.25) is 5.02 Å². The van der Waals surface area contributed by atoms with E-state index in [0.717, 1.165) is 11.2 Å². The maximum Gasteiger partial charge on any atom is 0.123 e. The van der Waals surface area contributed by atoms with Crippen molar-refractivity contribution < 1.29 is 26.1 Å². The number of rotatable bonds is 8. The second-order valence-electron chi connectivity index (χ2n) is 7.30. The summed E-state index contributed by atoms with van der Waals surface area (Å²) in [5.41, 5.74) is 1.22. The molecule has 0 N–H and O–H groups in total. The molecule has 5 heteroatoms. The Morgan fingerprint density at radius 2 is 1.25 bits per heavy atom. The second kappa shape index (κ2) is 11.6. The van der Waals surface area contributed by atoms with E-state index in [4.69, 9.17) is 16.3 Å². The predicted octanol–water partition coefficient (Wildman–Crippen LogP) is 3.19. The molecule has 0 aliphatic heterocycles. The summed E-state index contributed by atoms with van der Waals surface area (Å²) in [7, 11) is -2.07. The minimum Gasteiger partial charge on any atom is -1.00 e. The van der Waals surface area contributed by atoms with E-state index in [1.54, 1.807) is 0 Å². The van der Waals surface area contributed by atoms with Gasteiger partial charge in [0, 0.05) is 11.1 Å². The molecule has 0 heterocycles. The molecular weight excluding hydrogens is 506 g/mol. The fraction of sp³-hybridized carbons (Fsp3) is 0.111. The van der Waals surface area contributed by atoms with Gasteiger partial charge in [0.2, 0.25) is 0 Å². The van der Waals surface area contributed by atoms with Gasteiger partial charge in [0.25, 0.3) is 0 Å². The molecule has 0 saturated carbocycles. The molecule has 164 valence electrons. The van der Waals surface area contributed by atoms with Crippen molar-refractivity contribution in [3.05, 3.63) is 120 Å². The lowest BCUT2D eigenvalue weighted by Crippen LogP contribution is -3.00. The molecule has 0 amide bonds. The van der Waals surface area contributed by atoms with Crippen LogP contribution in [0.15, 0.2) is 109 Å². The van der Waals surface area contributed by atoms with Crippen LogP contribution in [0.5, 0.6) is 5.75 Å². The van der Waals surface area contributed by atoms with Crippen molar-refractivity contribution in [1.29, 1.82) is 0 Å². The minimum atomic E-state index is -2.07. The summed E-state index contributed by atoms with van der Waals surface area (Å²) >= 11 is 6.17. The number of hydrogen-bond donors (Lipinski definition) is 0. The monoisotopic (exact) mass is 528 g/mol. The Morgan fingerprint density at radius 1 is 0.688 bits per heavy atom. The van der Waals surface area contributed by atoms with E-state index in [0.29, 0.717) is 5.75 Å². The molecule has 0 atom stereocenters. The molecular formula is C27H24BrClFOP. The van der Waals surface area contributed by atoms with Gasteiger partial charge in [-0.15, -0.1) is 0 Å². The van der Waals surface area contributed by atoms with Gasteiger partial charge in [-0.25, -0.2) is 4.39 Å². The number of alkyl halides is 1. The van der Waals surface area contributed by atoms with Crippen LogP contribution >= 0.6 is 18.9 Å². The summed E-state index contributed by atoms with van der Waals surface area (Å²) < 4.78 is 18.4. The zero-order valence-electron chi connectivity index (χ0n) is 17.5. The quantitative estimate of drug-likeness (QED) is 0.319. The van der Waals surface area contributed by atoms with Gasteiger partial charge in [0.1, 0.15) is 42.2 Å². The summed E-state index contributed by atoms with van der Waals surface area (Å²) in [6, 6.07) is 37.6. The molecule has 0 radical (unpaired) electrons. The minimum absolute atomic E-state index is 0. The average molecular weight is 530 g/mol. The van der Waals surface area contributed by atoms with E-state index in [1.165, 1.54) is 21.5 Å². The van der Waals surface area contributed by atoms with Crippen LogP contribution in [0.4, 0.5) is 4.39 Å². The Balaban J connectivity index is 0.00000289. The highest BCUT2D eigenvalue weighted by atomic mass is 79.9. The molecule has 4 rings (SSSR count). The average Bonchev–Trinajstić information content (AvgIpc) is 2.84. The standard InChI is InChI=1S/C27H24ClFOP.BrH/c28-23-16-14-22(15-17-23)21-31(25-9-3-1-4-10-25,26-11-5-2-6-12-26)27-13-7-8-24(20-27)30-19-18-29;/h1-17,20H,18-19,21H2;1H/q+1;/p-1. The van der Waals surface area contributed by atoms with Crippen molar-refractivity contribution in [2.45, 2.75) is 6.16 Å². The summed E-state index contributed by atoms with van der Waals surface area (Å²) in [5, 5.41) is 4.52. The first-order valence-electron chi connectivity index (χ1n) is 10.3. The molecule has 0 unspecified atom stereocenters. The Hall–Kier alpha value is -2.19. The fourth-order valence-electron chi connectivity index (χ4n) is 3.92. The Kier molecular flexibility index (Phi) is 8.87. The largest absolute Gasteiger partial charge is 1.00 e.